The van der Waals surface area contributed by atoms with Crippen molar-refractivity contribution >= 4 is 5.91 Å². The van der Waals surface area contributed by atoms with E-state index in [-0.39, 0.29) is 6.54 Å². The van der Waals surface area contributed by atoms with Crippen molar-refractivity contribution in [1.82, 2.24) is 5.32 Å². The average molecular weight is 259 g/mol. The SMILES string of the molecule is COc1ccc(CCNC(=O)C(F)F)cc1OC. The van der Waals surface area contributed by atoms with E-state index in [0.717, 1.165) is 5.56 Å². The molecule has 1 aromatic rings. The summed E-state index contributed by atoms with van der Waals surface area (Å²) in [6.45, 7) is 0.151. The van der Waals surface area contributed by atoms with Gasteiger partial charge in [-0.2, -0.15) is 8.78 Å². The van der Waals surface area contributed by atoms with Crippen LogP contribution in [0.2, 0.25) is 0 Å². The number of carbonyl (C=O) groups is 1. The van der Waals surface area contributed by atoms with E-state index in [1.807, 2.05) is 0 Å². The Hall–Kier alpha value is -1.85. The van der Waals surface area contributed by atoms with Crippen LogP contribution in [0.5, 0.6) is 11.5 Å². The van der Waals surface area contributed by atoms with Crippen molar-refractivity contribution in [2.24, 2.45) is 0 Å². The van der Waals surface area contributed by atoms with Gasteiger partial charge in [0.25, 0.3) is 5.91 Å². The molecule has 0 aliphatic carbocycles. The van der Waals surface area contributed by atoms with E-state index >= 15 is 0 Å². The molecule has 1 amide bonds. The summed E-state index contributed by atoms with van der Waals surface area (Å²) >= 11 is 0. The number of nitrogens with one attached hydrogen (secondary N) is 1. The zero-order valence-electron chi connectivity index (χ0n) is 10.2. The van der Waals surface area contributed by atoms with Gasteiger partial charge in [0.15, 0.2) is 11.5 Å². The Bertz CT molecular complexity index is 410. The maximum absolute atomic E-state index is 11.9. The lowest BCUT2D eigenvalue weighted by Crippen LogP contribution is -2.31. The maximum Gasteiger partial charge on any atom is 0.315 e. The van der Waals surface area contributed by atoms with Crippen LogP contribution in [0.3, 0.4) is 0 Å². The minimum atomic E-state index is -2.98. The average Bonchev–Trinajstić information content (AvgIpc) is 2.38. The minimum absolute atomic E-state index is 0.151. The highest BCUT2D eigenvalue weighted by molar-refractivity contribution is 5.79. The lowest BCUT2D eigenvalue weighted by Gasteiger charge is -2.10. The third-order valence-corrected chi connectivity index (χ3v) is 2.36. The number of benzene rings is 1. The van der Waals surface area contributed by atoms with E-state index in [1.54, 1.807) is 18.2 Å². The largest absolute Gasteiger partial charge is 0.493 e. The van der Waals surface area contributed by atoms with E-state index in [0.29, 0.717) is 17.9 Å². The first-order chi connectivity index (χ1) is 8.58. The Kier molecular flexibility index (Phi) is 5.35. The number of methoxy groups -OCH3 is 2. The second-order valence-electron chi connectivity index (χ2n) is 3.53. The first-order valence-electron chi connectivity index (χ1n) is 5.35. The molecule has 0 aliphatic rings. The highest BCUT2D eigenvalue weighted by Gasteiger charge is 2.13. The van der Waals surface area contributed by atoms with E-state index in [4.69, 9.17) is 9.47 Å². The second kappa shape index (κ2) is 6.78. The van der Waals surface area contributed by atoms with Crippen molar-refractivity contribution in [1.29, 1.82) is 0 Å². The van der Waals surface area contributed by atoms with Gasteiger partial charge in [0.1, 0.15) is 0 Å². The minimum Gasteiger partial charge on any atom is -0.493 e. The van der Waals surface area contributed by atoms with Crippen LogP contribution in [-0.4, -0.2) is 33.1 Å². The molecular formula is C12H15F2NO3. The first-order valence-corrected chi connectivity index (χ1v) is 5.35. The molecule has 1 rings (SSSR count). The van der Waals surface area contributed by atoms with Crippen LogP contribution >= 0.6 is 0 Å². The van der Waals surface area contributed by atoms with Crippen molar-refractivity contribution < 1.29 is 23.0 Å². The van der Waals surface area contributed by atoms with Gasteiger partial charge >= 0.3 is 6.43 Å². The molecule has 0 atom stereocenters. The molecular weight excluding hydrogens is 244 g/mol. The van der Waals surface area contributed by atoms with Gasteiger partial charge in [-0.15, -0.1) is 0 Å². The highest BCUT2D eigenvalue weighted by atomic mass is 19.3. The van der Waals surface area contributed by atoms with Crippen LogP contribution in [0.25, 0.3) is 0 Å². The molecule has 0 aliphatic heterocycles. The highest BCUT2D eigenvalue weighted by Crippen LogP contribution is 2.27. The van der Waals surface area contributed by atoms with E-state index in [1.165, 1.54) is 14.2 Å². The number of ether oxygens (including phenoxy) is 2. The molecule has 100 valence electrons. The van der Waals surface area contributed by atoms with Crippen LogP contribution in [0, 0.1) is 0 Å². The van der Waals surface area contributed by atoms with Crippen molar-refractivity contribution in [2.45, 2.75) is 12.8 Å². The van der Waals surface area contributed by atoms with Gasteiger partial charge in [0.05, 0.1) is 14.2 Å². The Labute approximate surface area is 104 Å². The number of hydrogen-bond acceptors (Lipinski definition) is 3. The normalized spacial score (nSPS) is 10.3. The molecule has 6 heteroatoms. The summed E-state index contributed by atoms with van der Waals surface area (Å²) in [6, 6.07) is 5.26. The molecule has 1 aromatic carbocycles. The quantitative estimate of drug-likeness (QED) is 0.844. The van der Waals surface area contributed by atoms with Gasteiger partial charge in [0.2, 0.25) is 0 Å². The standard InChI is InChI=1S/C12H15F2NO3/c1-17-9-4-3-8(7-10(9)18-2)5-6-15-12(16)11(13)14/h3-4,7,11H,5-6H2,1-2H3,(H,15,16). The summed E-state index contributed by atoms with van der Waals surface area (Å²) in [6.07, 6.45) is -2.53. The van der Waals surface area contributed by atoms with Gasteiger partial charge < -0.3 is 14.8 Å². The fourth-order valence-electron chi connectivity index (χ4n) is 1.44. The summed E-state index contributed by atoms with van der Waals surface area (Å²) in [7, 11) is 3.04. The fourth-order valence-corrected chi connectivity index (χ4v) is 1.44. The lowest BCUT2D eigenvalue weighted by molar-refractivity contribution is -0.131. The zero-order valence-corrected chi connectivity index (χ0v) is 10.2. The molecule has 0 saturated carbocycles. The Morgan fingerprint density at radius 3 is 2.50 bits per heavy atom. The predicted molar refractivity (Wildman–Crippen MR) is 62.3 cm³/mol. The second-order valence-corrected chi connectivity index (χ2v) is 3.53. The maximum atomic E-state index is 11.9. The number of hydrogen-bond donors (Lipinski definition) is 1. The van der Waals surface area contributed by atoms with Crippen LogP contribution in [0.15, 0.2) is 18.2 Å². The van der Waals surface area contributed by atoms with E-state index < -0.39 is 12.3 Å². The Morgan fingerprint density at radius 2 is 1.94 bits per heavy atom. The van der Waals surface area contributed by atoms with Gasteiger partial charge in [-0.1, -0.05) is 6.07 Å². The lowest BCUT2D eigenvalue weighted by atomic mass is 10.1. The predicted octanol–water partition coefficient (Wildman–Crippen LogP) is 1.63. The molecule has 0 heterocycles. The Balaban J connectivity index is 2.55. The number of alkyl halides is 2. The van der Waals surface area contributed by atoms with E-state index in [2.05, 4.69) is 5.32 Å². The summed E-state index contributed by atoms with van der Waals surface area (Å²) in [5.74, 6) is -0.0940. The molecule has 18 heavy (non-hydrogen) atoms. The zero-order chi connectivity index (χ0) is 13.5. The summed E-state index contributed by atoms with van der Waals surface area (Å²) in [5, 5.41) is 2.14. The van der Waals surface area contributed by atoms with Crippen LogP contribution < -0.4 is 14.8 Å². The molecule has 0 aromatic heterocycles. The van der Waals surface area contributed by atoms with Crippen molar-refractivity contribution in [3.63, 3.8) is 0 Å². The van der Waals surface area contributed by atoms with Gasteiger partial charge in [-0.05, 0) is 24.1 Å². The third-order valence-electron chi connectivity index (χ3n) is 2.36. The summed E-state index contributed by atoms with van der Waals surface area (Å²) < 4.78 is 34.0. The van der Waals surface area contributed by atoms with Gasteiger partial charge in [-0.3, -0.25) is 4.79 Å². The van der Waals surface area contributed by atoms with Crippen molar-refractivity contribution in [3.8, 4) is 11.5 Å². The number of carbonyl (C=O) groups excluding carboxylic acids is 1. The topological polar surface area (TPSA) is 47.6 Å². The fraction of sp³-hybridized carbons (Fsp3) is 0.417. The van der Waals surface area contributed by atoms with Crippen LogP contribution in [0.1, 0.15) is 5.56 Å². The third kappa shape index (κ3) is 3.87. The summed E-state index contributed by atoms with van der Waals surface area (Å²) in [5.41, 5.74) is 0.863. The summed E-state index contributed by atoms with van der Waals surface area (Å²) in [4.78, 5) is 10.7. The molecule has 0 spiro atoms. The number of halogens is 2. The first kappa shape index (κ1) is 14.2. The van der Waals surface area contributed by atoms with Gasteiger partial charge in [-0.25, -0.2) is 0 Å². The van der Waals surface area contributed by atoms with Crippen LogP contribution in [0.4, 0.5) is 8.78 Å². The molecule has 0 radical (unpaired) electrons. The molecule has 0 fully saturated rings. The number of rotatable bonds is 6. The van der Waals surface area contributed by atoms with Gasteiger partial charge in [0, 0.05) is 6.54 Å². The molecule has 0 bridgehead atoms. The Morgan fingerprint density at radius 1 is 1.28 bits per heavy atom. The molecule has 1 N–H and O–H groups in total. The molecule has 0 unspecified atom stereocenters. The van der Waals surface area contributed by atoms with Crippen molar-refractivity contribution in [2.75, 3.05) is 20.8 Å². The molecule has 4 nitrogen and oxygen atoms in total. The van der Waals surface area contributed by atoms with Crippen LogP contribution in [-0.2, 0) is 11.2 Å². The monoisotopic (exact) mass is 259 g/mol. The molecule has 0 saturated heterocycles. The van der Waals surface area contributed by atoms with E-state index in [9.17, 15) is 13.6 Å². The smallest absolute Gasteiger partial charge is 0.315 e. The number of amides is 1. The van der Waals surface area contributed by atoms with Crippen molar-refractivity contribution in [3.05, 3.63) is 23.8 Å².